The average molecular weight is 418 g/mol. The van der Waals surface area contributed by atoms with Gasteiger partial charge in [0, 0.05) is 46.7 Å². The number of hydrogen-bond donors (Lipinski definition) is 2. The predicted octanol–water partition coefficient (Wildman–Crippen LogP) is 3.65. The SMILES string of the molecule is O=C(NO)c1ccc(Cn2c3c(c4ccccc42)C(=O)C(CN2CCCC2)CC3)cc1. The Labute approximate surface area is 181 Å². The van der Waals surface area contributed by atoms with Crippen molar-refractivity contribution < 1.29 is 14.8 Å². The zero-order valence-electron chi connectivity index (χ0n) is 17.5. The molecule has 1 aliphatic heterocycles. The van der Waals surface area contributed by atoms with Gasteiger partial charge in [0.15, 0.2) is 5.78 Å². The minimum absolute atomic E-state index is 0.0844. The van der Waals surface area contributed by atoms with Gasteiger partial charge in [0.1, 0.15) is 0 Å². The van der Waals surface area contributed by atoms with Gasteiger partial charge in [-0.05, 0) is 62.5 Å². The first-order valence-corrected chi connectivity index (χ1v) is 11.1. The summed E-state index contributed by atoms with van der Waals surface area (Å²) < 4.78 is 2.26. The summed E-state index contributed by atoms with van der Waals surface area (Å²) in [5.74, 6) is -0.149. The number of hydrogen-bond acceptors (Lipinski definition) is 4. The van der Waals surface area contributed by atoms with Crippen LogP contribution in [-0.4, -0.2) is 46.0 Å². The summed E-state index contributed by atoms with van der Waals surface area (Å²) in [6, 6.07) is 15.4. The number of fused-ring (bicyclic) bond motifs is 3. The zero-order chi connectivity index (χ0) is 21.4. The van der Waals surface area contributed by atoms with Crippen LogP contribution < -0.4 is 5.48 Å². The number of ketones is 1. The van der Waals surface area contributed by atoms with Crippen LogP contribution in [0.25, 0.3) is 10.9 Å². The lowest BCUT2D eigenvalue weighted by atomic mass is 9.84. The number of carbonyl (C=O) groups excluding carboxylic acids is 2. The number of nitrogens with one attached hydrogen (secondary N) is 1. The second-order valence-electron chi connectivity index (χ2n) is 8.67. The lowest BCUT2D eigenvalue weighted by Crippen LogP contribution is -2.34. The number of nitrogens with zero attached hydrogens (tertiary/aromatic N) is 2. The molecule has 31 heavy (non-hydrogen) atoms. The highest BCUT2D eigenvalue weighted by atomic mass is 16.5. The van der Waals surface area contributed by atoms with Crippen LogP contribution in [0.4, 0.5) is 0 Å². The summed E-state index contributed by atoms with van der Waals surface area (Å²) in [7, 11) is 0. The van der Waals surface area contributed by atoms with Crippen LogP contribution in [-0.2, 0) is 13.0 Å². The quantitative estimate of drug-likeness (QED) is 0.491. The van der Waals surface area contributed by atoms with E-state index in [1.54, 1.807) is 17.6 Å². The van der Waals surface area contributed by atoms with Crippen LogP contribution in [0, 0.1) is 5.92 Å². The molecule has 1 aromatic heterocycles. The Morgan fingerprint density at radius 1 is 1.06 bits per heavy atom. The third-order valence-corrected chi connectivity index (χ3v) is 6.76. The summed E-state index contributed by atoms with van der Waals surface area (Å²) in [6.45, 7) is 3.75. The molecule has 6 heteroatoms. The van der Waals surface area contributed by atoms with Crippen LogP contribution >= 0.6 is 0 Å². The summed E-state index contributed by atoms with van der Waals surface area (Å²) in [5.41, 5.74) is 6.23. The fourth-order valence-corrected chi connectivity index (χ4v) is 5.18. The molecule has 2 aromatic carbocycles. The van der Waals surface area contributed by atoms with Crippen LogP contribution in [0.3, 0.4) is 0 Å². The molecule has 2 aliphatic rings. The fourth-order valence-electron chi connectivity index (χ4n) is 5.18. The molecule has 5 rings (SSSR count). The van der Waals surface area contributed by atoms with Crippen molar-refractivity contribution in [2.75, 3.05) is 19.6 Å². The first-order chi connectivity index (χ1) is 15.2. The van der Waals surface area contributed by atoms with Crippen molar-refractivity contribution in [1.82, 2.24) is 14.9 Å². The number of para-hydroxylation sites is 1. The molecule has 0 saturated carbocycles. The normalized spacial score (nSPS) is 19.0. The Morgan fingerprint density at radius 3 is 2.55 bits per heavy atom. The number of rotatable bonds is 5. The molecule has 0 bridgehead atoms. The summed E-state index contributed by atoms with van der Waals surface area (Å²) in [4.78, 5) is 27.6. The van der Waals surface area contributed by atoms with E-state index in [0.29, 0.717) is 12.1 Å². The molecule has 2 heterocycles. The third kappa shape index (κ3) is 3.66. The smallest absolute Gasteiger partial charge is 0.274 e. The van der Waals surface area contributed by atoms with Crippen molar-refractivity contribution >= 4 is 22.6 Å². The number of benzene rings is 2. The molecule has 3 aromatic rings. The molecule has 1 saturated heterocycles. The molecular weight excluding hydrogens is 390 g/mol. The Bertz CT molecular complexity index is 1130. The van der Waals surface area contributed by atoms with Gasteiger partial charge in [-0.1, -0.05) is 30.3 Å². The van der Waals surface area contributed by atoms with Crippen molar-refractivity contribution in [2.24, 2.45) is 5.92 Å². The monoisotopic (exact) mass is 417 g/mol. The summed E-state index contributed by atoms with van der Waals surface area (Å²) in [6.07, 6.45) is 4.28. The lowest BCUT2D eigenvalue weighted by Gasteiger charge is -2.27. The Balaban J connectivity index is 1.48. The zero-order valence-corrected chi connectivity index (χ0v) is 17.5. The Hall–Kier alpha value is -2.96. The van der Waals surface area contributed by atoms with E-state index in [4.69, 9.17) is 5.21 Å². The van der Waals surface area contributed by atoms with E-state index in [0.717, 1.165) is 60.2 Å². The van der Waals surface area contributed by atoms with Crippen LogP contribution in [0.15, 0.2) is 48.5 Å². The molecule has 0 spiro atoms. The van der Waals surface area contributed by atoms with Crippen LogP contribution in [0.5, 0.6) is 0 Å². The molecule has 0 radical (unpaired) electrons. The van der Waals surface area contributed by atoms with Gasteiger partial charge in [-0.15, -0.1) is 0 Å². The largest absolute Gasteiger partial charge is 0.339 e. The molecule has 160 valence electrons. The highest BCUT2D eigenvalue weighted by molar-refractivity contribution is 6.11. The minimum Gasteiger partial charge on any atom is -0.339 e. The van der Waals surface area contributed by atoms with E-state index in [-0.39, 0.29) is 11.7 Å². The number of hydroxylamine groups is 1. The number of carbonyl (C=O) groups is 2. The highest BCUT2D eigenvalue weighted by Gasteiger charge is 2.34. The van der Waals surface area contributed by atoms with E-state index >= 15 is 0 Å². The number of likely N-dealkylation sites (tertiary alicyclic amines) is 1. The van der Waals surface area contributed by atoms with Crippen LogP contribution in [0.1, 0.15) is 51.2 Å². The number of aromatic nitrogens is 1. The molecule has 2 N–H and O–H groups in total. The molecule has 1 fully saturated rings. The molecule has 1 unspecified atom stereocenters. The van der Waals surface area contributed by atoms with Gasteiger partial charge in [-0.3, -0.25) is 14.8 Å². The van der Waals surface area contributed by atoms with Gasteiger partial charge in [0.25, 0.3) is 5.91 Å². The molecule has 6 nitrogen and oxygen atoms in total. The maximum atomic E-state index is 13.5. The van der Waals surface area contributed by atoms with Gasteiger partial charge >= 0.3 is 0 Å². The second kappa shape index (κ2) is 8.29. The Morgan fingerprint density at radius 2 is 1.81 bits per heavy atom. The molecule has 1 amide bonds. The highest BCUT2D eigenvalue weighted by Crippen LogP contribution is 2.35. The molecule has 1 atom stereocenters. The van der Waals surface area contributed by atoms with Crippen molar-refractivity contribution in [1.29, 1.82) is 0 Å². The number of Topliss-reactive ketones (excluding diaryl/α,β-unsaturated/α-hetero) is 1. The Kier molecular flexibility index (Phi) is 5.34. The van der Waals surface area contributed by atoms with Gasteiger partial charge in [0.2, 0.25) is 0 Å². The van der Waals surface area contributed by atoms with Crippen molar-refractivity contribution in [3.05, 3.63) is 70.9 Å². The van der Waals surface area contributed by atoms with E-state index in [9.17, 15) is 9.59 Å². The predicted molar refractivity (Wildman–Crippen MR) is 119 cm³/mol. The van der Waals surface area contributed by atoms with E-state index in [1.165, 1.54) is 12.8 Å². The van der Waals surface area contributed by atoms with Crippen molar-refractivity contribution in [3.63, 3.8) is 0 Å². The van der Waals surface area contributed by atoms with Gasteiger partial charge < -0.3 is 9.47 Å². The number of amides is 1. The average Bonchev–Trinajstić information content (AvgIpc) is 3.42. The molecule has 1 aliphatic carbocycles. The van der Waals surface area contributed by atoms with E-state index < -0.39 is 5.91 Å². The third-order valence-electron chi connectivity index (χ3n) is 6.76. The van der Waals surface area contributed by atoms with Gasteiger partial charge in [0.05, 0.1) is 0 Å². The summed E-state index contributed by atoms with van der Waals surface area (Å²) >= 11 is 0. The van der Waals surface area contributed by atoms with Crippen molar-refractivity contribution in [2.45, 2.75) is 32.2 Å². The standard InChI is InChI=1S/C25H27N3O3/c29-24-19(16-27-13-3-4-14-27)11-12-22-23(24)20-5-1-2-6-21(20)28(22)15-17-7-9-18(10-8-17)25(30)26-31/h1-2,5-10,19,31H,3-4,11-16H2,(H,26,30). The molecular formula is C25H27N3O3. The minimum atomic E-state index is -0.523. The van der Waals surface area contributed by atoms with Gasteiger partial charge in [-0.25, -0.2) is 5.48 Å². The van der Waals surface area contributed by atoms with Crippen molar-refractivity contribution in [3.8, 4) is 0 Å². The van der Waals surface area contributed by atoms with Gasteiger partial charge in [-0.2, -0.15) is 0 Å². The topological polar surface area (TPSA) is 74.6 Å². The maximum absolute atomic E-state index is 13.5. The van der Waals surface area contributed by atoms with E-state index in [1.807, 2.05) is 24.3 Å². The van der Waals surface area contributed by atoms with Crippen LogP contribution in [0.2, 0.25) is 0 Å². The lowest BCUT2D eigenvalue weighted by molar-refractivity contribution is 0.0706. The first-order valence-electron chi connectivity index (χ1n) is 11.1. The first kappa shape index (κ1) is 20.0. The fraction of sp³-hybridized carbons (Fsp3) is 0.360. The second-order valence-corrected chi connectivity index (χ2v) is 8.67. The maximum Gasteiger partial charge on any atom is 0.274 e. The summed E-state index contributed by atoms with van der Waals surface area (Å²) in [5, 5.41) is 9.86. The van der Waals surface area contributed by atoms with E-state index in [2.05, 4.69) is 21.6 Å².